The van der Waals surface area contributed by atoms with Gasteiger partial charge < -0.3 is 21.7 Å². The lowest BCUT2D eigenvalue weighted by Crippen LogP contribution is -2.18. The number of hydrogen-bond donors (Lipinski definition) is 4. The minimum absolute atomic E-state index is 0.0433. The first kappa shape index (κ1) is 11.2. The monoisotopic (exact) mass is 211 g/mol. The standard InChI is InChI=1S/C9H10FN3O2/c10-4-1-5(8(13)6(12)2-4)9(15)7(14)3-11/h1-2,7,9,14-15H,12-13H2. The fourth-order valence-corrected chi connectivity index (χ4v) is 1.15. The molecule has 0 saturated carbocycles. The number of aliphatic hydroxyl groups is 2. The van der Waals surface area contributed by atoms with Crippen LogP contribution in [0, 0.1) is 17.1 Å². The molecule has 0 aliphatic rings. The zero-order valence-corrected chi connectivity index (χ0v) is 7.68. The summed E-state index contributed by atoms with van der Waals surface area (Å²) in [5.74, 6) is -0.694. The number of nitriles is 1. The van der Waals surface area contributed by atoms with Gasteiger partial charge in [0.2, 0.25) is 0 Å². The molecule has 1 aromatic carbocycles. The average molecular weight is 211 g/mol. The van der Waals surface area contributed by atoms with Gasteiger partial charge in [0, 0.05) is 5.56 Å². The quantitative estimate of drug-likeness (QED) is 0.403. The van der Waals surface area contributed by atoms with Crippen LogP contribution in [0.4, 0.5) is 15.8 Å². The Kier molecular flexibility index (Phi) is 3.09. The topological polar surface area (TPSA) is 116 Å². The zero-order valence-electron chi connectivity index (χ0n) is 7.68. The number of hydrogen-bond acceptors (Lipinski definition) is 5. The largest absolute Gasteiger partial charge is 0.397 e. The molecule has 0 aromatic heterocycles. The number of rotatable bonds is 2. The highest BCUT2D eigenvalue weighted by Gasteiger charge is 2.21. The maximum absolute atomic E-state index is 12.9. The number of nitrogen functional groups attached to an aromatic ring is 2. The van der Waals surface area contributed by atoms with E-state index in [9.17, 15) is 9.50 Å². The van der Waals surface area contributed by atoms with Crippen LogP contribution < -0.4 is 11.5 Å². The lowest BCUT2D eigenvalue weighted by atomic mass is 10.0. The van der Waals surface area contributed by atoms with Gasteiger partial charge in [-0.05, 0) is 12.1 Å². The van der Waals surface area contributed by atoms with Gasteiger partial charge in [-0.15, -0.1) is 0 Å². The van der Waals surface area contributed by atoms with Crippen molar-refractivity contribution in [1.82, 2.24) is 0 Å². The minimum Gasteiger partial charge on any atom is -0.397 e. The Balaban J connectivity index is 3.20. The Hall–Kier alpha value is -1.84. The van der Waals surface area contributed by atoms with Crippen molar-refractivity contribution >= 4 is 11.4 Å². The molecule has 5 nitrogen and oxygen atoms in total. The highest BCUT2D eigenvalue weighted by atomic mass is 19.1. The molecule has 0 fully saturated rings. The number of nitrogens with two attached hydrogens (primary N) is 2. The Morgan fingerprint density at radius 1 is 1.33 bits per heavy atom. The molecule has 0 bridgehead atoms. The van der Waals surface area contributed by atoms with Crippen LogP contribution in [-0.4, -0.2) is 16.3 Å². The van der Waals surface area contributed by atoms with Gasteiger partial charge in [-0.25, -0.2) is 4.39 Å². The Bertz CT molecular complexity index is 417. The van der Waals surface area contributed by atoms with E-state index in [1.54, 1.807) is 0 Å². The molecule has 1 rings (SSSR count). The van der Waals surface area contributed by atoms with Gasteiger partial charge >= 0.3 is 0 Å². The minimum atomic E-state index is -1.67. The summed E-state index contributed by atoms with van der Waals surface area (Å²) in [4.78, 5) is 0. The molecule has 2 atom stereocenters. The molecule has 80 valence electrons. The van der Waals surface area contributed by atoms with Crippen LogP contribution >= 0.6 is 0 Å². The van der Waals surface area contributed by atoms with Crippen LogP contribution in [0.1, 0.15) is 11.7 Å². The molecule has 0 aliphatic carbocycles. The van der Waals surface area contributed by atoms with Crippen molar-refractivity contribution in [3.05, 3.63) is 23.5 Å². The summed E-state index contributed by atoms with van der Waals surface area (Å²) >= 11 is 0. The third kappa shape index (κ3) is 2.15. The summed E-state index contributed by atoms with van der Waals surface area (Å²) in [5, 5.41) is 26.9. The molecule has 15 heavy (non-hydrogen) atoms. The summed E-state index contributed by atoms with van der Waals surface area (Å²) < 4.78 is 12.9. The fraction of sp³-hybridized carbons (Fsp3) is 0.222. The smallest absolute Gasteiger partial charge is 0.170 e. The Labute approximate surface area is 85.4 Å². The molecule has 0 amide bonds. The summed E-state index contributed by atoms with van der Waals surface area (Å²) in [6.45, 7) is 0. The normalized spacial score (nSPS) is 14.3. The Morgan fingerprint density at radius 2 is 1.93 bits per heavy atom. The van der Waals surface area contributed by atoms with E-state index in [1.165, 1.54) is 6.07 Å². The Morgan fingerprint density at radius 3 is 2.47 bits per heavy atom. The number of halogens is 1. The van der Waals surface area contributed by atoms with E-state index >= 15 is 0 Å². The van der Waals surface area contributed by atoms with Gasteiger partial charge in [0.25, 0.3) is 0 Å². The van der Waals surface area contributed by atoms with Crippen LogP contribution in [0.2, 0.25) is 0 Å². The van der Waals surface area contributed by atoms with Crippen LogP contribution in [0.3, 0.4) is 0 Å². The van der Waals surface area contributed by atoms with E-state index in [0.717, 1.165) is 12.1 Å². The summed E-state index contributed by atoms with van der Waals surface area (Å²) in [5.41, 5.74) is 10.6. The number of nitrogens with zero attached hydrogens (tertiary/aromatic N) is 1. The van der Waals surface area contributed by atoms with Gasteiger partial charge in [-0.3, -0.25) is 0 Å². The third-order valence-corrected chi connectivity index (χ3v) is 1.96. The van der Waals surface area contributed by atoms with Crippen molar-refractivity contribution in [2.24, 2.45) is 0 Å². The first-order chi connectivity index (χ1) is 6.97. The molecule has 1 aromatic rings. The average Bonchev–Trinajstić information content (AvgIpc) is 2.21. The van der Waals surface area contributed by atoms with Gasteiger partial charge in [-0.1, -0.05) is 0 Å². The van der Waals surface area contributed by atoms with E-state index < -0.39 is 18.0 Å². The number of benzene rings is 1. The van der Waals surface area contributed by atoms with E-state index in [4.69, 9.17) is 21.8 Å². The molecule has 0 aliphatic heterocycles. The van der Waals surface area contributed by atoms with E-state index in [-0.39, 0.29) is 16.9 Å². The van der Waals surface area contributed by atoms with Crippen molar-refractivity contribution < 1.29 is 14.6 Å². The van der Waals surface area contributed by atoms with Crippen LogP contribution in [-0.2, 0) is 0 Å². The molecule has 2 unspecified atom stereocenters. The lowest BCUT2D eigenvalue weighted by Gasteiger charge is -2.15. The van der Waals surface area contributed by atoms with Crippen molar-refractivity contribution in [2.45, 2.75) is 12.2 Å². The van der Waals surface area contributed by atoms with Crippen LogP contribution in [0.5, 0.6) is 0 Å². The van der Waals surface area contributed by atoms with Crippen LogP contribution in [0.25, 0.3) is 0 Å². The first-order valence-corrected chi connectivity index (χ1v) is 4.07. The van der Waals surface area contributed by atoms with E-state index in [0.29, 0.717) is 0 Å². The number of anilines is 2. The number of aliphatic hydroxyl groups excluding tert-OH is 2. The predicted octanol–water partition coefficient (Wildman–Crippen LogP) is -0.0920. The molecule has 6 N–H and O–H groups in total. The fourth-order valence-electron chi connectivity index (χ4n) is 1.15. The summed E-state index contributed by atoms with van der Waals surface area (Å²) in [6.07, 6.45) is -3.25. The van der Waals surface area contributed by atoms with Crippen molar-refractivity contribution in [3.8, 4) is 6.07 Å². The zero-order chi connectivity index (χ0) is 11.6. The van der Waals surface area contributed by atoms with Gasteiger partial charge in [0.1, 0.15) is 11.9 Å². The SMILES string of the molecule is N#CC(O)C(O)c1cc(F)cc(N)c1N. The van der Waals surface area contributed by atoms with Crippen LogP contribution in [0.15, 0.2) is 12.1 Å². The molecule has 0 saturated heterocycles. The second-order valence-corrected chi connectivity index (χ2v) is 3.02. The molecular weight excluding hydrogens is 201 g/mol. The van der Waals surface area contributed by atoms with E-state index in [1.807, 2.05) is 0 Å². The maximum atomic E-state index is 12.9. The highest BCUT2D eigenvalue weighted by Crippen LogP contribution is 2.28. The third-order valence-electron chi connectivity index (χ3n) is 1.96. The van der Waals surface area contributed by atoms with E-state index in [2.05, 4.69) is 0 Å². The van der Waals surface area contributed by atoms with Crippen molar-refractivity contribution in [1.29, 1.82) is 5.26 Å². The van der Waals surface area contributed by atoms with Gasteiger partial charge in [-0.2, -0.15) is 5.26 Å². The molecular formula is C9H10FN3O2. The molecule has 0 spiro atoms. The molecule has 0 heterocycles. The van der Waals surface area contributed by atoms with Crippen molar-refractivity contribution in [3.63, 3.8) is 0 Å². The molecule has 6 heteroatoms. The maximum Gasteiger partial charge on any atom is 0.170 e. The predicted molar refractivity (Wildman–Crippen MR) is 51.8 cm³/mol. The second-order valence-electron chi connectivity index (χ2n) is 3.02. The summed E-state index contributed by atoms with van der Waals surface area (Å²) in [6, 6.07) is 3.33. The van der Waals surface area contributed by atoms with Gasteiger partial charge in [0.05, 0.1) is 17.4 Å². The van der Waals surface area contributed by atoms with Gasteiger partial charge in [0.15, 0.2) is 6.10 Å². The highest BCUT2D eigenvalue weighted by molar-refractivity contribution is 5.68. The first-order valence-electron chi connectivity index (χ1n) is 4.07. The van der Waals surface area contributed by atoms with Crippen molar-refractivity contribution in [2.75, 3.05) is 11.5 Å². The summed E-state index contributed by atoms with van der Waals surface area (Å²) in [7, 11) is 0. The molecule has 0 radical (unpaired) electrons. The lowest BCUT2D eigenvalue weighted by molar-refractivity contribution is 0.0531. The second kappa shape index (κ2) is 4.13.